The summed E-state index contributed by atoms with van der Waals surface area (Å²) in [7, 11) is 0. The van der Waals surface area contributed by atoms with Gasteiger partial charge in [0.15, 0.2) is 0 Å². The molecule has 3 N–H and O–H groups in total. The summed E-state index contributed by atoms with van der Waals surface area (Å²) in [6.07, 6.45) is 3.42. The Kier molecular flexibility index (Phi) is 21.3. The zero-order chi connectivity index (χ0) is 61.1. The molecule has 2 heterocycles. The predicted octanol–water partition coefficient (Wildman–Crippen LogP) is 15.4. The van der Waals surface area contributed by atoms with E-state index in [2.05, 4.69) is 108 Å². The molecule has 0 saturated heterocycles. The molecule has 13 heteroatoms. The van der Waals surface area contributed by atoms with Gasteiger partial charge in [0.25, 0.3) is 11.9 Å². The van der Waals surface area contributed by atoms with Gasteiger partial charge in [0.2, 0.25) is 5.91 Å². The van der Waals surface area contributed by atoms with Crippen LogP contribution in [0.1, 0.15) is 173 Å². The van der Waals surface area contributed by atoms with E-state index in [0.29, 0.717) is 56.6 Å². The molecule has 6 atom stereocenters. The van der Waals surface area contributed by atoms with Gasteiger partial charge in [-0.3, -0.25) is 19.2 Å². The van der Waals surface area contributed by atoms with Crippen LogP contribution in [-0.2, 0) is 43.3 Å². The fourth-order valence-corrected chi connectivity index (χ4v) is 13.1. The molecule has 6 unspecified atom stereocenters. The van der Waals surface area contributed by atoms with Crippen molar-refractivity contribution in [2.24, 2.45) is 68.1 Å². The van der Waals surface area contributed by atoms with E-state index >= 15 is 9.59 Å². The van der Waals surface area contributed by atoms with Gasteiger partial charge in [-0.1, -0.05) is 200 Å². The molecule has 0 radical (unpaired) electrons. The topological polar surface area (TPSA) is 175 Å². The molecule has 446 valence electrons. The summed E-state index contributed by atoms with van der Waals surface area (Å²) in [5.74, 6) is -2.73. The third kappa shape index (κ3) is 15.7. The number of hydrogen-bond donors (Lipinski definition) is 3. The number of aliphatic carboxylic acids is 1. The van der Waals surface area contributed by atoms with E-state index in [1.165, 1.54) is 0 Å². The van der Waals surface area contributed by atoms with Crippen LogP contribution >= 0.6 is 0 Å². The normalized spacial score (nSPS) is 25.1. The molecule has 12 nitrogen and oxygen atoms in total. The Morgan fingerprint density at radius 3 is 1.40 bits per heavy atom. The van der Waals surface area contributed by atoms with E-state index in [9.17, 15) is 9.59 Å². The number of hydrogen-bond acceptors (Lipinski definition) is 8. The van der Waals surface area contributed by atoms with E-state index in [0.717, 1.165) is 43.7 Å². The molecule has 2 fully saturated rings. The summed E-state index contributed by atoms with van der Waals surface area (Å²) in [5.41, 5.74) is 4.82. The van der Waals surface area contributed by atoms with Gasteiger partial charge in [-0.2, -0.15) is 0 Å². The monoisotopic (exact) mass is 1190 g/mol. The Hall–Kier alpha value is -6.46. The number of carbonyl (C=O) groups is 5. The minimum absolute atomic E-state index is 0. The minimum Gasteiger partial charge on any atom is -0.664 e. The molecule has 4 aromatic rings. The van der Waals surface area contributed by atoms with Crippen LogP contribution in [0.15, 0.2) is 137 Å². The van der Waals surface area contributed by atoms with Gasteiger partial charge in [-0.25, -0.2) is 9.79 Å². The first-order valence-corrected chi connectivity index (χ1v) is 29.7. The number of ether oxygens (including phenoxy) is 2. The maximum absolute atomic E-state index is 15.8. The standard InChI is InChI=1S/C69H87N4O6.C2H4O2.Zn/c1-40-35-48(66(5,6)7)58(49(36-40)67(8,9)10)78-64(76)56-54(44-29-19-17-20-30-44)52(70-60(56)72-62(74)46-33-25-23-27-42(46)3)39-53-55(45-31-21-18-22-32-45)57(61(71-53)73-63(75)47-34-26-24-28-43(47)4)65(77)79-59-50(68(11,12)13)37-41(2)38-51(59)69(14,15)16;1-2(3)4;/h17-34,39-41,48-51,56,58-60H,35-38H2,1-16H3,(H,72,74)(H,71,73,75);1H3,(H,3,4);/q-1;;/b53-39-;;. The molecule has 84 heavy (non-hydrogen) atoms. The van der Waals surface area contributed by atoms with Crippen LogP contribution < -0.4 is 10.6 Å². The number of aliphatic imine (C=N–C) groups is 1. The van der Waals surface area contributed by atoms with Gasteiger partial charge in [-0.05, 0) is 119 Å². The number of aryl methyl sites for hydroxylation is 2. The fourth-order valence-electron chi connectivity index (χ4n) is 13.1. The molecule has 2 aliphatic heterocycles. The number of carboxylic acid groups (broad SMARTS) is 1. The van der Waals surface area contributed by atoms with Crippen LogP contribution in [0.4, 0.5) is 0 Å². The van der Waals surface area contributed by atoms with Crippen molar-refractivity contribution in [3.63, 3.8) is 0 Å². The molecule has 4 aromatic carbocycles. The van der Waals surface area contributed by atoms with Gasteiger partial charge < -0.3 is 30.5 Å². The van der Waals surface area contributed by atoms with Crippen molar-refractivity contribution in [3.8, 4) is 0 Å². The second kappa shape index (κ2) is 26.9. The van der Waals surface area contributed by atoms with Gasteiger partial charge in [-0.15, -0.1) is 5.70 Å². The smallest absolute Gasteiger partial charge is 0.342 e. The molecule has 0 aromatic heterocycles. The first-order valence-electron chi connectivity index (χ1n) is 29.7. The van der Waals surface area contributed by atoms with E-state index in [1.54, 1.807) is 18.2 Å². The average Bonchev–Trinajstić information content (AvgIpc) is 1.71. The van der Waals surface area contributed by atoms with Crippen LogP contribution in [0.25, 0.3) is 16.5 Å². The number of nitrogens with one attached hydrogen (secondary N) is 2. The van der Waals surface area contributed by atoms with Gasteiger partial charge in [0, 0.05) is 66.8 Å². The number of allylic oxidation sites excluding steroid dienone is 2. The van der Waals surface area contributed by atoms with Crippen molar-refractivity contribution in [1.82, 2.24) is 10.6 Å². The largest absolute Gasteiger partial charge is 0.664 e. The number of rotatable bonds is 10. The Labute approximate surface area is 513 Å². The third-order valence-electron chi connectivity index (χ3n) is 17.5. The van der Waals surface area contributed by atoms with Crippen molar-refractivity contribution in [1.29, 1.82) is 0 Å². The van der Waals surface area contributed by atoms with E-state index in [1.807, 2.05) is 111 Å². The van der Waals surface area contributed by atoms with Crippen molar-refractivity contribution >= 4 is 46.7 Å². The van der Waals surface area contributed by atoms with Gasteiger partial charge in [0.05, 0.1) is 11.6 Å². The van der Waals surface area contributed by atoms with E-state index in [4.69, 9.17) is 29.7 Å². The summed E-state index contributed by atoms with van der Waals surface area (Å²) in [6.45, 7) is 36.2. The summed E-state index contributed by atoms with van der Waals surface area (Å²) in [6, 6.07) is 33.9. The van der Waals surface area contributed by atoms with Crippen LogP contribution in [-0.4, -0.2) is 59.0 Å². The van der Waals surface area contributed by atoms with Crippen molar-refractivity contribution in [3.05, 3.63) is 171 Å². The van der Waals surface area contributed by atoms with Crippen LogP contribution in [0.3, 0.4) is 0 Å². The SMILES string of the molecule is CC(=O)O.Cc1ccccc1C(=O)NC1=N/C(=C\C2=C(c3ccccc3)C(C(=O)OC3C(C(C)(C)C)CC(C)CC3C(C)(C)C)C(NC(=O)c3ccccc3C)[N-]2)C(c2ccccc2)=C1C(=O)OC1C(C(C)(C)C)CC(C)CC1C(C)(C)C.[Zn]. The molecule has 4 aliphatic rings. The molecule has 2 saturated carbocycles. The molecule has 2 aliphatic carbocycles. The molecule has 2 amide bonds. The summed E-state index contributed by atoms with van der Waals surface area (Å²) in [5, 5.41) is 19.1. The Bertz CT molecular complexity index is 3120. The zero-order valence-corrected chi connectivity index (χ0v) is 55.9. The van der Waals surface area contributed by atoms with E-state index < -0.39 is 48.1 Å². The maximum atomic E-state index is 15.8. The Morgan fingerprint density at radius 1 is 0.583 bits per heavy atom. The molecular formula is C71H91N4O8Zn-. The first-order chi connectivity index (χ1) is 38.8. The number of carbonyl (C=O) groups excluding carboxylic acids is 4. The quantitative estimate of drug-likeness (QED) is 0.104. The van der Waals surface area contributed by atoms with E-state index in [-0.39, 0.29) is 82.1 Å². The predicted molar refractivity (Wildman–Crippen MR) is 332 cm³/mol. The van der Waals surface area contributed by atoms with Gasteiger partial charge >= 0.3 is 11.9 Å². The average molecular weight is 1190 g/mol. The molecule has 0 bridgehead atoms. The van der Waals surface area contributed by atoms with Crippen LogP contribution in [0.2, 0.25) is 0 Å². The number of esters is 2. The van der Waals surface area contributed by atoms with Crippen molar-refractivity contribution < 1.29 is 58.0 Å². The summed E-state index contributed by atoms with van der Waals surface area (Å²) >= 11 is 0. The zero-order valence-electron chi connectivity index (χ0n) is 53.0. The fraction of sp³-hybridized carbons (Fsp3) is 0.493. The Balaban J connectivity index is 0.00000219. The van der Waals surface area contributed by atoms with Crippen molar-refractivity contribution in [2.75, 3.05) is 0 Å². The molecular weight excluding hydrogens is 1100 g/mol. The number of amides is 2. The van der Waals surface area contributed by atoms with Crippen LogP contribution in [0.5, 0.6) is 0 Å². The summed E-state index contributed by atoms with van der Waals surface area (Å²) < 4.78 is 14.1. The first kappa shape index (κ1) is 66.7. The number of amidine groups is 1. The minimum atomic E-state index is -1.11. The molecule has 8 rings (SSSR count). The number of nitrogens with zero attached hydrogens (tertiary/aromatic N) is 2. The number of carboxylic acids is 1. The Morgan fingerprint density at radius 2 is 0.976 bits per heavy atom. The van der Waals surface area contributed by atoms with Crippen LogP contribution in [0, 0.1) is 76.9 Å². The van der Waals surface area contributed by atoms with Crippen molar-refractivity contribution in [2.45, 2.75) is 162 Å². The molecule has 0 spiro atoms. The second-order valence-electron chi connectivity index (χ2n) is 28.2. The second-order valence-corrected chi connectivity index (χ2v) is 28.2. The number of benzene rings is 4. The third-order valence-corrected chi connectivity index (χ3v) is 17.5. The maximum Gasteiger partial charge on any atom is 0.342 e. The van der Waals surface area contributed by atoms with Gasteiger partial charge in [0.1, 0.15) is 23.6 Å². The summed E-state index contributed by atoms with van der Waals surface area (Å²) in [4.78, 5) is 75.0.